The highest BCUT2D eigenvalue weighted by atomic mass is 16.4. The summed E-state index contributed by atoms with van der Waals surface area (Å²) in [6.07, 6.45) is 0.198. The first-order valence-electron chi connectivity index (χ1n) is 10.0. The average Bonchev–Trinajstić information content (AvgIpc) is 2.73. The fraction of sp³-hybridized carbons (Fsp3) is 0.292. The molecule has 0 saturated heterocycles. The number of nitrogens with two attached hydrogens (primary N) is 1. The zero-order valence-electron chi connectivity index (χ0n) is 18.1. The predicted octanol–water partition coefficient (Wildman–Crippen LogP) is 3.27. The van der Waals surface area contributed by atoms with Crippen LogP contribution in [0.15, 0.2) is 36.4 Å². The van der Waals surface area contributed by atoms with Gasteiger partial charge in [0.25, 0.3) is 0 Å². The van der Waals surface area contributed by atoms with Gasteiger partial charge in [0.1, 0.15) is 5.84 Å². The minimum absolute atomic E-state index is 0.0304. The van der Waals surface area contributed by atoms with Crippen LogP contribution < -0.4 is 16.0 Å². The summed E-state index contributed by atoms with van der Waals surface area (Å²) in [7, 11) is 0. The fourth-order valence-corrected chi connectivity index (χ4v) is 3.06. The molecule has 0 aliphatic rings. The second kappa shape index (κ2) is 10.8. The Bertz CT molecular complexity index is 1030. The molecule has 0 spiro atoms. The molecular formula is C24H28N4O3. The topological polar surface area (TPSA) is 120 Å². The Balaban J connectivity index is 2.13. The zero-order valence-corrected chi connectivity index (χ0v) is 18.1. The second-order valence-corrected chi connectivity index (χ2v) is 7.14. The van der Waals surface area contributed by atoms with Gasteiger partial charge in [-0.2, -0.15) is 0 Å². The summed E-state index contributed by atoms with van der Waals surface area (Å²) in [6.45, 7) is 6.16. The van der Waals surface area contributed by atoms with Gasteiger partial charge >= 0.3 is 5.97 Å². The van der Waals surface area contributed by atoms with E-state index < -0.39 is 5.97 Å². The van der Waals surface area contributed by atoms with Crippen LogP contribution >= 0.6 is 0 Å². The number of carboxylic acids is 1. The first-order valence-corrected chi connectivity index (χ1v) is 10.0. The number of nitrogens with zero attached hydrogens (tertiary/aromatic N) is 1. The SMILES string of the molecule is CCC(=O)N(CCC(=O)O)c1cc(C)c(C#CCNc2ccc(C(=N)N)cc2)cc1C. The number of amidine groups is 1. The molecule has 2 aromatic carbocycles. The summed E-state index contributed by atoms with van der Waals surface area (Å²) in [5, 5.41) is 19.6. The number of nitrogens with one attached hydrogen (secondary N) is 2. The molecule has 0 saturated carbocycles. The Kier molecular flexibility index (Phi) is 8.21. The van der Waals surface area contributed by atoms with Gasteiger partial charge in [-0.25, -0.2) is 0 Å². The average molecular weight is 421 g/mol. The van der Waals surface area contributed by atoms with Crippen molar-refractivity contribution in [3.63, 3.8) is 0 Å². The molecular weight excluding hydrogens is 392 g/mol. The highest BCUT2D eigenvalue weighted by Gasteiger charge is 2.18. The second-order valence-electron chi connectivity index (χ2n) is 7.14. The van der Waals surface area contributed by atoms with Crippen molar-refractivity contribution in [1.82, 2.24) is 0 Å². The number of anilines is 2. The maximum Gasteiger partial charge on any atom is 0.305 e. The predicted molar refractivity (Wildman–Crippen MR) is 124 cm³/mol. The molecule has 0 aliphatic heterocycles. The normalized spacial score (nSPS) is 10.0. The van der Waals surface area contributed by atoms with Crippen LogP contribution in [-0.2, 0) is 9.59 Å². The van der Waals surface area contributed by atoms with Crippen molar-refractivity contribution >= 4 is 29.1 Å². The lowest BCUT2D eigenvalue weighted by atomic mass is 10.0. The van der Waals surface area contributed by atoms with Crippen molar-refractivity contribution < 1.29 is 14.7 Å². The van der Waals surface area contributed by atoms with E-state index >= 15 is 0 Å². The van der Waals surface area contributed by atoms with Crippen molar-refractivity contribution in [2.45, 2.75) is 33.6 Å². The third-order valence-corrected chi connectivity index (χ3v) is 4.79. The first kappa shape index (κ1) is 23.5. The van der Waals surface area contributed by atoms with Crippen molar-refractivity contribution in [2.75, 3.05) is 23.3 Å². The van der Waals surface area contributed by atoms with Crippen LogP contribution in [0, 0.1) is 31.1 Å². The van der Waals surface area contributed by atoms with E-state index in [0.29, 0.717) is 18.5 Å². The van der Waals surface area contributed by atoms with Crippen molar-refractivity contribution in [2.24, 2.45) is 5.73 Å². The molecule has 0 aliphatic carbocycles. The molecule has 7 nitrogen and oxygen atoms in total. The standard InChI is InChI=1S/C24H28N4O3/c1-4-22(29)28(13-11-23(30)31)21-15-16(2)19(14-17(21)3)6-5-12-27-20-9-7-18(8-10-20)24(25)26/h7-10,14-15,27H,4,11-13H2,1-3H3,(H3,25,26)(H,30,31). The van der Waals surface area contributed by atoms with E-state index in [1.807, 2.05) is 38.1 Å². The quantitative estimate of drug-likeness (QED) is 0.297. The lowest BCUT2D eigenvalue weighted by Crippen LogP contribution is -2.33. The molecule has 0 atom stereocenters. The Morgan fingerprint density at radius 1 is 1.16 bits per heavy atom. The van der Waals surface area contributed by atoms with Gasteiger partial charge < -0.3 is 21.1 Å². The summed E-state index contributed by atoms with van der Waals surface area (Å²) < 4.78 is 0. The molecule has 162 valence electrons. The molecule has 0 heterocycles. The summed E-state index contributed by atoms with van der Waals surface area (Å²) in [4.78, 5) is 24.9. The van der Waals surface area contributed by atoms with E-state index in [4.69, 9.17) is 16.2 Å². The molecule has 31 heavy (non-hydrogen) atoms. The number of hydrogen-bond donors (Lipinski definition) is 4. The summed E-state index contributed by atoms with van der Waals surface area (Å²) in [6, 6.07) is 11.1. The largest absolute Gasteiger partial charge is 0.481 e. The molecule has 2 aromatic rings. The van der Waals surface area contributed by atoms with E-state index in [2.05, 4.69) is 17.2 Å². The van der Waals surface area contributed by atoms with Crippen molar-refractivity contribution in [1.29, 1.82) is 5.41 Å². The number of amides is 1. The molecule has 0 aromatic heterocycles. The Labute approximate surface area is 182 Å². The Morgan fingerprint density at radius 2 is 1.84 bits per heavy atom. The smallest absolute Gasteiger partial charge is 0.305 e. The summed E-state index contributed by atoms with van der Waals surface area (Å²) >= 11 is 0. The number of carbonyl (C=O) groups is 2. The van der Waals surface area contributed by atoms with E-state index in [-0.39, 0.29) is 24.7 Å². The van der Waals surface area contributed by atoms with Gasteiger partial charge in [0, 0.05) is 35.5 Å². The zero-order chi connectivity index (χ0) is 23.0. The number of aryl methyl sites for hydroxylation is 2. The highest BCUT2D eigenvalue weighted by molar-refractivity contribution is 5.95. The highest BCUT2D eigenvalue weighted by Crippen LogP contribution is 2.25. The third-order valence-electron chi connectivity index (χ3n) is 4.79. The third kappa shape index (κ3) is 6.61. The van der Waals surface area contributed by atoms with Gasteiger partial charge in [-0.3, -0.25) is 15.0 Å². The minimum atomic E-state index is -0.936. The molecule has 0 radical (unpaired) electrons. The van der Waals surface area contributed by atoms with E-state index in [1.165, 1.54) is 0 Å². The molecule has 0 bridgehead atoms. The lowest BCUT2D eigenvalue weighted by molar-refractivity contribution is -0.136. The van der Waals surface area contributed by atoms with Gasteiger partial charge in [-0.05, 0) is 61.4 Å². The summed E-state index contributed by atoms with van der Waals surface area (Å²) in [5.41, 5.74) is 10.4. The lowest BCUT2D eigenvalue weighted by Gasteiger charge is -2.24. The fourth-order valence-electron chi connectivity index (χ4n) is 3.06. The van der Waals surface area contributed by atoms with Crippen LogP contribution in [-0.4, -0.2) is 35.9 Å². The van der Waals surface area contributed by atoms with Crippen molar-refractivity contribution in [3.8, 4) is 11.8 Å². The molecule has 7 heteroatoms. The maximum absolute atomic E-state index is 12.4. The summed E-state index contributed by atoms with van der Waals surface area (Å²) in [5.74, 6) is 5.23. The van der Waals surface area contributed by atoms with Crippen LogP contribution in [0.4, 0.5) is 11.4 Å². The molecule has 2 rings (SSSR count). The Hall–Kier alpha value is -3.79. The van der Waals surface area contributed by atoms with Crippen LogP contribution in [0.5, 0.6) is 0 Å². The van der Waals surface area contributed by atoms with E-state index in [1.54, 1.807) is 24.0 Å². The number of carbonyl (C=O) groups excluding carboxylic acids is 1. The van der Waals surface area contributed by atoms with Crippen LogP contribution in [0.3, 0.4) is 0 Å². The van der Waals surface area contributed by atoms with E-state index in [0.717, 1.165) is 28.1 Å². The minimum Gasteiger partial charge on any atom is -0.481 e. The number of rotatable bonds is 8. The van der Waals surface area contributed by atoms with Crippen LogP contribution in [0.25, 0.3) is 0 Å². The van der Waals surface area contributed by atoms with Crippen molar-refractivity contribution in [3.05, 3.63) is 58.7 Å². The van der Waals surface area contributed by atoms with Crippen LogP contribution in [0.1, 0.15) is 42.0 Å². The first-order chi connectivity index (χ1) is 14.7. The van der Waals surface area contributed by atoms with Gasteiger partial charge in [-0.1, -0.05) is 18.8 Å². The molecule has 0 fully saturated rings. The molecule has 1 amide bonds. The number of aliphatic carboxylic acids is 1. The molecule has 5 N–H and O–H groups in total. The number of nitrogen functional groups attached to an aromatic ring is 1. The van der Waals surface area contributed by atoms with Gasteiger partial charge in [0.15, 0.2) is 0 Å². The maximum atomic E-state index is 12.4. The van der Waals surface area contributed by atoms with Gasteiger partial charge in [0.05, 0.1) is 13.0 Å². The number of benzene rings is 2. The Morgan fingerprint density at radius 3 is 2.42 bits per heavy atom. The van der Waals surface area contributed by atoms with Crippen LogP contribution in [0.2, 0.25) is 0 Å². The molecule has 0 unspecified atom stereocenters. The van der Waals surface area contributed by atoms with Gasteiger partial charge in [0.2, 0.25) is 5.91 Å². The van der Waals surface area contributed by atoms with Gasteiger partial charge in [-0.15, -0.1) is 0 Å². The number of carboxylic acid groups (broad SMARTS) is 1. The number of hydrogen-bond acceptors (Lipinski definition) is 4. The van der Waals surface area contributed by atoms with E-state index in [9.17, 15) is 9.59 Å². The monoisotopic (exact) mass is 420 g/mol.